The number of ketones is 1. The summed E-state index contributed by atoms with van der Waals surface area (Å²) in [5.41, 5.74) is 6.18. The molecule has 0 spiro atoms. The van der Waals surface area contributed by atoms with Crippen LogP contribution >= 0.6 is 0 Å². The number of ether oxygens (including phenoxy) is 1. The number of fused-ring (bicyclic) bond motifs is 2. The van der Waals surface area contributed by atoms with E-state index >= 15 is 0 Å². The van der Waals surface area contributed by atoms with Crippen molar-refractivity contribution in [2.45, 2.75) is 38.6 Å². The summed E-state index contributed by atoms with van der Waals surface area (Å²) in [6, 6.07) is 20.0. The monoisotopic (exact) mass is 492 g/mol. The molecule has 0 saturated carbocycles. The number of para-hydroxylation sites is 1. The number of aliphatic hydroxyl groups excluding tert-OH is 1. The molecule has 1 unspecified atom stereocenters. The zero-order valence-electron chi connectivity index (χ0n) is 20.9. The van der Waals surface area contributed by atoms with Crippen LogP contribution in [0.3, 0.4) is 0 Å². The summed E-state index contributed by atoms with van der Waals surface area (Å²) in [4.78, 5) is 32.1. The number of nitrogens with zero attached hydrogens (tertiary/aromatic N) is 1. The van der Waals surface area contributed by atoms with Crippen molar-refractivity contribution in [1.82, 2.24) is 4.98 Å². The van der Waals surface area contributed by atoms with E-state index in [0.29, 0.717) is 17.0 Å². The predicted octanol–water partition coefficient (Wildman–Crippen LogP) is 5.99. The summed E-state index contributed by atoms with van der Waals surface area (Å²) < 4.78 is 5.40. The van der Waals surface area contributed by atoms with Crippen molar-refractivity contribution in [1.29, 1.82) is 0 Å². The van der Waals surface area contributed by atoms with E-state index < -0.39 is 17.7 Å². The first-order chi connectivity index (χ1) is 18.0. The highest BCUT2D eigenvalue weighted by Crippen LogP contribution is 2.46. The Labute approximate surface area is 215 Å². The fraction of sp³-hybridized carbons (Fsp3) is 0.226. The Balaban J connectivity index is 1.61. The van der Waals surface area contributed by atoms with Gasteiger partial charge in [-0.3, -0.25) is 14.5 Å². The number of anilines is 1. The van der Waals surface area contributed by atoms with Crippen molar-refractivity contribution >= 4 is 34.0 Å². The van der Waals surface area contributed by atoms with Crippen molar-refractivity contribution < 1.29 is 19.4 Å². The number of hydrogen-bond donors (Lipinski definition) is 2. The normalized spacial score (nSPS) is 18.9. The molecule has 1 amide bonds. The highest BCUT2D eigenvalue weighted by atomic mass is 16.5. The van der Waals surface area contributed by atoms with Gasteiger partial charge in [0.2, 0.25) is 0 Å². The summed E-state index contributed by atoms with van der Waals surface area (Å²) >= 11 is 0. The fourth-order valence-corrected chi connectivity index (χ4v) is 5.82. The summed E-state index contributed by atoms with van der Waals surface area (Å²) in [7, 11) is 1.56. The topological polar surface area (TPSA) is 82.6 Å². The highest BCUT2D eigenvalue weighted by molar-refractivity contribution is 6.52. The summed E-state index contributed by atoms with van der Waals surface area (Å²) in [5.74, 6) is -0.953. The second-order valence-corrected chi connectivity index (χ2v) is 9.77. The smallest absolute Gasteiger partial charge is 0.300 e. The lowest BCUT2D eigenvalue weighted by Gasteiger charge is -2.26. The van der Waals surface area contributed by atoms with E-state index in [-0.39, 0.29) is 11.3 Å². The number of aliphatic hydroxyl groups is 1. The van der Waals surface area contributed by atoms with E-state index in [9.17, 15) is 14.7 Å². The lowest BCUT2D eigenvalue weighted by Crippen LogP contribution is -2.29. The summed E-state index contributed by atoms with van der Waals surface area (Å²) in [5, 5.41) is 12.6. The molecule has 0 bridgehead atoms. The third kappa shape index (κ3) is 3.71. The van der Waals surface area contributed by atoms with Gasteiger partial charge < -0.3 is 14.8 Å². The molecule has 37 heavy (non-hydrogen) atoms. The van der Waals surface area contributed by atoms with Gasteiger partial charge in [-0.1, -0.05) is 36.4 Å². The number of benzene rings is 3. The number of hydrogen-bond acceptors (Lipinski definition) is 4. The SMILES string of the molecule is COc1cccc(N2C(=O)C(=O)/C(=C(/O)c3ccc4c(c3)CCCC4)C2c2c(C)[nH]c3ccccc23)c1. The van der Waals surface area contributed by atoms with Gasteiger partial charge >= 0.3 is 0 Å². The van der Waals surface area contributed by atoms with Crippen LogP contribution in [-0.2, 0) is 22.4 Å². The van der Waals surface area contributed by atoms with Gasteiger partial charge in [0.25, 0.3) is 11.7 Å². The molecule has 0 radical (unpaired) electrons. The van der Waals surface area contributed by atoms with Crippen molar-refractivity contribution in [3.63, 3.8) is 0 Å². The Bertz CT molecular complexity index is 1600. The maximum Gasteiger partial charge on any atom is 0.300 e. The fourth-order valence-electron chi connectivity index (χ4n) is 5.82. The molecular weight excluding hydrogens is 464 g/mol. The lowest BCUT2D eigenvalue weighted by molar-refractivity contribution is -0.132. The van der Waals surface area contributed by atoms with E-state index in [2.05, 4.69) is 4.98 Å². The molecule has 1 saturated heterocycles. The zero-order valence-corrected chi connectivity index (χ0v) is 20.9. The number of amides is 1. The van der Waals surface area contributed by atoms with E-state index in [1.807, 2.05) is 49.4 Å². The van der Waals surface area contributed by atoms with Crippen LogP contribution in [0.2, 0.25) is 0 Å². The van der Waals surface area contributed by atoms with Crippen LogP contribution in [0.5, 0.6) is 5.75 Å². The van der Waals surface area contributed by atoms with Crippen LogP contribution in [0.25, 0.3) is 16.7 Å². The molecule has 2 heterocycles. The van der Waals surface area contributed by atoms with Gasteiger partial charge in [0, 0.05) is 39.5 Å². The Hall–Kier alpha value is -4.32. The number of aromatic amines is 1. The Morgan fingerprint density at radius 3 is 2.57 bits per heavy atom. The molecule has 4 aromatic rings. The first-order valence-corrected chi connectivity index (χ1v) is 12.6. The molecule has 1 atom stereocenters. The molecule has 1 fully saturated rings. The summed E-state index contributed by atoms with van der Waals surface area (Å²) in [6.45, 7) is 1.93. The number of H-pyrrole nitrogens is 1. The van der Waals surface area contributed by atoms with Crippen molar-refractivity contribution in [3.05, 3.63) is 100 Å². The van der Waals surface area contributed by atoms with Gasteiger partial charge in [-0.05, 0) is 68.0 Å². The van der Waals surface area contributed by atoms with Crippen LogP contribution < -0.4 is 9.64 Å². The predicted molar refractivity (Wildman–Crippen MR) is 144 cm³/mol. The second kappa shape index (κ2) is 8.96. The van der Waals surface area contributed by atoms with Crippen LogP contribution in [0.15, 0.2) is 72.3 Å². The van der Waals surface area contributed by atoms with E-state index in [1.165, 1.54) is 16.0 Å². The number of carbonyl (C=O) groups excluding carboxylic acids is 2. The highest BCUT2D eigenvalue weighted by Gasteiger charge is 2.48. The number of methoxy groups -OCH3 is 1. The molecule has 3 aromatic carbocycles. The van der Waals surface area contributed by atoms with Crippen LogP contribution in [0, 0.1) is 6.92 Å². The number of aromatic nitrogens is 1. The van der Waals surface area contributed by atoms with Crippen LogP contribution in [0.4, 0.5) is 5.69 Å². The molecular formula is C31H28N2O4. The van der Waals surface area contributed by atoms with Crippen LogP contribution in [-0.4, -0.2) is 28.9 Å². The van der Waals surface area contributed by atoms with E-state index in [1.54, 1.807) is 31.4 Å². The van der Waals surface area contributed by atoms with E-state index in [0.717, 1.165) is 47.8 Å². The average molecular weight is 493 g/mol. The average Bonchev–Trinajstić information content (AvgIpc) is 3.39. The number of nitrogens with one attached hydrogen (secondary N) is 1. The third-order valence-corrected chi connectivity index (χ3v) is 7.61. The molecule has 1 aromatic heterocycles. The van der Waals surface area contributed by atoms with Gasteiger partial charge in [0.15, 0.2) is 0 Å². The third-order valence-electron chi connectivity index (χ3n) is 7.61. The number of rotatable bonds is 4. The molecule has 2 aliphatic rings. The maximum absolute atomic E-state index is 13.6. The van der Waals surface area contributed by atoms with Gasteiger partial charge in [0.05, 0.1) is 18.7 Å². The van der Waals surface area contributed by atoms with Gasteiger partial charge in [-0.2, -0.15) is 0 Å². The molecule has 1 aliphatic heterocycles. The number of aryl methyl sites for hydroxylation is 3. The standard InChI is InChI=1S/C31H28N2O4/c1-18-26(24-12-5-6-13-25(24)32-18)28-27(29(34)21-15-14-19-8-3-4-9-20(19)16-21)30(35)31(36)33(28)22-10-7-11-23(17-22)37-2/h5-7,10-17,28,32,34H,3-4,8-9H2,1-2H3/b29-27+. The van der Waals surface area contributed by atoms with Gasteiger partial charge in [-0.25, -0.2) is 0 Å². The number of Topliss-reactive ketones (excluding diaryl/α,β-unsaturated/α-hetero) is 1. The molecule has 2 N–H and O–H groups in total. The quantitative estimate of drug-likeness (QED) is 0.208. The largest absolute Gasteiger partial charge is 0.507 e. The van der Waals surface area contributed by atoms with Gasteiger partial charge in [0.1, 0.15) is 11.5 Å². The molecule has 6 rings (SSSR count). The van der Waals surface area contributed by atoms with E-state index in [4.69, 9.17) is 4.74 Å². The summed E-state index contributed by atoms with van der Waals surface area (Å²) in [6.07, 6.45) is 4.22. The van der Waals surface area contributed by atoms with Crippen molar-refractivity contribution in [3.8, 4) is 5.75 Å². The second-order valence-electron chi connectivity index (χ2n) is 9.77. The molecule has 186 valence electrons. The van der Waals surface area contributed by atoms with Crippen molar-refractivity contribution in [2.75, 3.05) is 12.0 Å². The van der Waals surface area contributed by atoms with Crippen molar-refractivity contribution in [2.24, 2.45) is 0 Å². The minimum absolute atomic E-state index is 0.0939. The minimum atomic E-state index is -0.806. The van der Waals surface area contributed by atoms with Gasteiger partial charge in [-0.15, -0.1) is 0 Å². The molecule has 6 nitrogen and oxygen atoms in total. The Morgan fingerprint density at radius 1 is 0.973 bits per heavy atom. The lowest BCUT2D eigenvalue weighted by atomic mass is 9.88. The minimum Gasteiger partial charge on any atom is -0.507 e. The first-order valence-electron chi connectivity index (χ1n) is 12.6. The maximum atomic E-state index is 13.6. The number of carbonyl (C=O) groups is 2. The van der Waals surface area contributed by atoms with Crippen LogP contribution in [0.1, 0.15) is 46.8 Å². The Morgan fingerprint density at radius 2 is 1.76 bits per heavy atom. The molecule has 1 aliphatic carbocycles. The molecule has 6 heteroatoms. The zero-order chi connectivity index (χ0) is 25.7. The first kappa shape index (κ1) is 23.1. The Kier molecular flexibility index (Phi) is 5.60.